The van der Waals surface area contributed by atoms with Crippen molar-refractivity contribution in [3.63, 3.8) is 0 Å². The van der Waals surface area contributed by atoms with Gasteiger partial charge >= 0.3 is 18.2 Å². The van der Waals surface area contributed by atoms with Crippen LogP contribution in [0.2, 0.25) is 0 Å². The standard InChI is InChI=1S/C17H24N2O7/c1-4-18-16(21)25-8-10-6-7-11-12(14(20)23-3)9-24-15(13(10)11)26-17(22)19-5-2/h6,9,11,13,15H,4-5,7-8H2,1-3H3,(H,18,21)(H,19,22)/t11-,13-,15?/m1/s1. The Hall–Kier alpha value is -2.71. The molecule has 1 unspecified atom stereocenters. The largest absolute Gasteiger partial charge is 0.466 e. The SMILES string of the molecule is CCNC(=O)OCC1=CC[C@@H]2C(C(=O)OC)=COC(OC(=O)NCC)[C@H]12. The molecule has 1 heterocycles. The van der Waals surface area contributed by atoms with Crippen molar-refractivity contribution < 1.29 is 33.3 Å². The molecule has 9 nitrogen and oxygen atoms in total. The summed E-state index contributed by atoms with van der Waals surface area (Å²) < 4.78 is 20.8. The van der Waals surface area contributed by atoms with Crippen LogP contribution in [0.3, 0.4) is 0 Å². The van der Waals surface area contributed by atoms with Crippen molar-refractivity contribution in [2.24, 2.45) is 11.8 Å². The molecule has 0 aromatic carbocycles. The molecule has 2 aliphatic rings. The first-order valence-electron chi connectivity index (χ1n) is 8.49. The molecule has 0 aromatic heterocycles. The van der Waals surface area contributed by atoms with Gasteiger partial charge in [0.25, 0.3) is 6.29 Å². The summed E-state index contributed by atoms with van der Waals surface area (Å²) in [5.74, 6) is -1.22. The van der Waals surface area contributed by atoms with E-state index in [0.717, 1.165) is 5.57 Å². The minimum absolute atomic E-state index is 0.0140. The van der Waals surface area contributed by atoms with Gasteiger partial charge in [-0.3, -0.25) is 0 Å². The molecule has 0 spiro atoms. The molecule has 0 saturated carbocycles. The van der Waals surface area contributed by atoms with E-state index < -0.39 is 30.4 Å². The van der Waals surface area contributed by atoms with Crippen LogP contribution >= 0.6 is 0 Å². The fourth-order valence-electron chi connectivity index (χ4n) is 3.03. The number of methoxy groups -OCH3 is 1. The minimum atomic E-state index is -0.924. The van der Waals surface area contributed by atoms with Gasteiger partial charge in [0.1, 0.15) is 6.61 Å². The number of allylic oxidation sites excluding steroid dienone is 1. The fraction of sp³-hybridized carbons (Fsp3) is 0.588. The first-order chi connectivity index (χ1) is 12.5. The van der Waals surface area contributed by atoms with Gasteiger partial charge in [0.15, 0.2) is 0 Å². The summed E-state index contributed by atoms with van der Waals surface area (Å²) in [6, 6.07) is 0. The molecular weight excluding hydrogens is 344 g/mol. The second-order valence-electron chi connectivity index (χ2n) is 5.76. The topological polar surface area (TPSA) is 112 Å². The van der Waals surface area contributed by atoms with Crippen molar-refractivity contribution in [2.75, 3.05) is 26.8 Å². The summed E-state index contributed by atoms with van der Waals surface area (Å²) in [5.41, 5.74) is 1.09. The average Bonchev–Trinajstić information content (AvgIpc) is 3.04. The molecule has 0 fully saturated rings. The molecule has 2 rings (SSSR count). The highest BCUT2D eigenvalue weighted by atomic mass is 16.7. The van der Waals surface area contributed by atoms with Crippen LogP contribution < -0.4 is 10.6 Å². The molecule has 3 atom stereocenters. The lowest BCUT2D eigenvalue weighted by Crippen LogP contribution is -2.41. The van der Waals surface area contributed by atoms with Gasteiger partial charge in [0.05, 0.1) is 24.9 Å². The van der Waals surface area contributed by atoms with E-state index in [2.05, 4.69) is 10.6 Å². The number of amides is 2. The monoisotopic (exact) mass is 368 g/mol. The molecule has 0 aromatic rings. The first kappa shape index (κ1) is 19.6. The molecule has 144 valence electrons. The van der Waals surface area contributed by atoms with E-state index in [-0.39, 0.29) is 12.5 Å². The maximum atomic E-state index is 12.0. The van der Waals surface area contributed by atoms with E-state index in [9.17, 15) is 14.4 Å². The van der Waals surface area contributed by atoms with Gasteiger partial charge in [-0.1, -0.05) is 6.08 Å². The molecule has 0 saturated heterocycles. The highest BCUT2D eigenvalue weighted by Gasteiger charge is 2.46. The maximum absolute atomic E-state index is 12.0. The van der Waals surface area contributed by atoms with Gasteiger partial charge in [-0.25, -0.2) is 14.4 Å². The molecule has 1 aliphatic heterocycles. The predicted molar refractivity (Wildman–Crippen MR) is 89.8 cm³/mol. The zero-order valence-electron chi connectivity index (χ0n) is 15.1. The number of carbonyl (C=O) groups is 3. The number of fused-ring (bicyclic) bond motifs is 1. The van der Waals surface area contributed by atoms with E-state index in [1.807, 2.05) is 6.08 Å². The Bertz CT molecular complexity index is 614. The van der Waals surface area contributed by atoms with Crippen molar-refractivity contribution in [2.45, 2.75) is 26.6 Å². The number of nitrogens with one attached hydrogen (secondary N) is 2. The number of hydrogen-bond donors (Lipinski definition) is 2. The molecule has 26 heavy (non-hydrogen) atoms. The number of hydrogen-bond acceptors (Lipinski definition) is 7. The zero-order valence-corrected chi connectivity index (χ0v) is 15.1. The molecular formula is C17H24N2O7. The Morgan fingerprint density at radius 3 is 2.54 bits per heavy atom. The van der Waals surface area contributed by atoms with Gasteiger partial charge in [0.2, 0.25) is 0 Å². The third kappa shape index (κ3) is 4.47. The molecule has 9 heteroatoms. The van der Waals surface area contributed by atoms with Crippen LogP contribution in [-0.4, -0.2) is 51.3 Å². The van der Waals surface area contributed by atoms with Gasteiger partial charge in [-0.15, -0.1) is 0 Å². The summed E-state index contributed by atoms with van der Waals surface area (Å²) in [6.45, 7) is 4.42. The summed E-state index contributed by atoms with van der Waals surface area (Å²) in [5, 5.41) is 5.07. The van der Waals surface area contributed by atoms with Crippen LogP contribution in [0, 0.1) is 11.8 Å². The van der Waals surface area contributed by atoms with Crippen molar-refractivity contribution in [3.8, 4) is 0 Å². The van der Waals surface area contributed by atoms with E-state index in [1.54, 1.807) is 13.8 Å². The van der Waals surface area contributed by atoms with Crippen LogP contribution in [-0.2, 0) is 23.7 Å². The number of esters is 1. The Kier molecular flexibility index (Phi) is 6.88. The third-order valence-electron chi connectivity index (χ3n) is 4.17. The second kappa shape index (κ2) is 9.12. The number of alkyl carbamates (subject to hydrolysis) is 2. The summed E-state index contributed by atoms with van der Waals surface area (Å²) in [7, 11) is 1.29. The minimum Gasteiger partial charge on any atom is -0.466 e. The van der Waals surface area contributed by atoms with Gasteiger partial charge in [-0.2, -0.15) is 0 Å². The Morgan fingerprint density at radius 1 is 1.19 bits per heavy atom. The van der Waals surface area contributed by atoms with Crippen LogP contribution in [0.4, 0.5) is 9.59 Å². The molecule has 2 N–H and O–H groups in total. The number of rotatable bonds is 6. The van der Waals surface area contributed by atoms with Crippen molar-refractivity contribution in [1.29, 1.82) is 0 Å². The van der Waals surface area contributed by atoms with Crippen LogP contribution in [0.15, 0.2) is 23.5 Å². The van der Waals surface area contributed by atoms with Crippen molar-refractivity contribution in [1.82, 2.24) is 10.6 Å². The lowest BCUT2D eigenvalue weighted by atomic mass is 9.83. The smallest absolute Gasteiger partial charge is 0.410 e. The predicted octanol–water partition coefficient (Wildman–Crippen LogP) is 1.45. The maximum Gasteiger partial charge on any atom is 0.410 e. The fourth-order valence-corrected chi connectivity index (χ4v) is 3.03. The van der Waals surface area contributed by atoms with E-state index in [0.29, 0.717) is 25.1 Å². The highest BCUT2D eigenvalue weighted by molar-refractivity contribution is 5.89. The molecule has 2 amide bonds. The van der Waals surface area contributed by atoms with Crippen LogP contribution in [0.25, 0.3) is 0 Å². The molecule has 0 bridgehead atoms. The highest BCUT2D eigenvalue weighted by Crippen LogP contribution is 2.43. The lowest BCUT2D eigenvalue weighted by molar-refractivity contribution is -0.141. The summed E-state index contributed by atoms with van der Waals surface area (Å²) >= 11 is 0. The van der Waals surface area contributed by atoms with Gasteiger partial charge in [-0.05, 0) is 25.8 Å². The molecule has 0 radical (unpaired) electrons. The second-order valence-corrected chi connectivity index (χ2v) is 5.76. The van der Waals surface area contributed by atoms with E-state index >= 15 is 0 Å². The van der Waals surface area contributed by atoms with E-state index in [1.165, 1.54) is 13.4 Å². The van der Waals surface area contributed by atoms with Gasteiger partial charge < -0.3 is 29.6 Å². The first-order valence-corrected chi connectivity index (χ1v) is 8.49. The van der Waals surface area contributed by atoms with E-state index in [4.69, 9.17) is 18.9 Å². The van der Waals surface area contributed by atoms with Crippen LogP contribution in [0.5, 0.6) is 0 Å². The number of ether oxygens (including phenoxy) is 4. The number of carbonyl (C=O) groups excluding carboxylic acids is 3. The lowest BCUT2D eigenvalue weighted by Gasteiger charge is -2.34. The third-order valence-corrected chi connectivity index (χ3v) is 4.17. The van der Waals surface area contributed by atoms with Gasteiger partial charge in [0, 0.05) is 19.0 Å². The van der Waals surface area contributed by atoms with Crippen molar-refractivity contribution >= 4 is 18.2 Å². The van der Waals surface area contributed by atoms with Crippen molar-refractivity contribution in [3.05, 3.63) is 23.5 Å². The zero-order chi connectivity index (χ0) is 19.1. The summed E-state index contributed by atoms with van der Waals surface area (Å²) in [6.07, 6.45) is 1.58. The Labute approximate surface area is 151 Å². The van der Waals surface area contributed by atoms with Crippen LogP contribution in [0.1, 0.15) is 20.3 Å². The molecule has 1 aliphatic carbocycles. The normalized spacial score (nSPS) is 23.6. The summed E-state index contributed by atoms with van der Waals surface area (Å²) in [4.78, 5) is 35.3. The quantitative estimate of drug-likeness (QED) is 0.414. The Morgan fingerprint density at radius 2 is 1.88 bits per heavy atom. The Balaban J connectivity index is 2.14. The average molecular weight is 368 g/mol.